The van der Waals surface area contributed by atoms with E-state index in [0.717, 1.165) is 22.4 Å². The molecule has 0 aliphatic carbocycles. The first-order chi connectivity index (χ1) is 13.2. The Labute approximate surface area is 163 Å². The molecule has 1 amide bonds. The first kappa shape index (κ1) is 18.7. The van der Waals surface area contributed by atoms with E-state index in [2.05, 4.69) is 10.5 Å². The summed E-state index contributed by atoms with van der Waals surface area (Å²) in [6, 6.07) is 24.6. The predicted octanol–water partition coefficient (Wildman–Crippen LogP) is 4.61. The van der Waals surface area contributed by atoms with E-state index in [0.29, 0.717) is 18.1 Å². The number of nitrogens with zero attached hydrogens (tertiary/aromatic N) is 1. The van der Waals surface area contributed by atoms with Crippen LogP contribution >= 0.6 is 11.6 Å². The van der Waals surface area contributed by atoms with Gasteiger partial charge in [0.25, 0.3) is 0 Å². The number of hydrogen-bond acceptors (Lipinski definition) is 3. The van der Waals surface area contributed by atoms with E-state index in [1.54, 1.807) is 6.21 Å². The maximum Gasteiger partial charge on any atom is 0.244 e. The molecule has 0 saturated heterocycles. The highest BCUT2D eigenvalue weighted by molar-refractivity contribution is 6.30. The van der Waals surface area contributed by atoms with Gasteiger partial charge in [0.1, 0.15) is 12.4 Å². The maximum atomic E-state index is 11.8. The van der Waals surface area contributed by atoms with Gasteiger partial charge in [-0.05, 0) is 53.1 Å². The lowest BCUT2D eigenvalue weighted by Gasteiger charge is -2.06. The zero-order chi connectivity index (χ0) is 18.9. The summed E-state index contributed by atoms with van der Waals surface area (Å²) in [7, 11) is 0. The smallest absolute Gasteiger partial charge is 0.244 e. The molecule has 0 bridgehead atoms. The van der Waals surface area contributed by atoms with Crippen molar-refractivity contribution in [1.82, 2.24) is 5.43 Å². The van der Waals surface area contributed by atoms with Gasteiger partial charge in [-0.15, -0.1) is 0 Å². The molecule has 0 saturated carbocycles. The van der Waals surface area contributed by atoms with Gasteiger partial charge in [-0.2, -0.15) is 5.10 Å². The number of halogens is 1. The number of carbonyl (C=O) groups is 1. The molecule has 4 nitrogen and oxygen atoms in total. The zero-order valence-electron chi connectivity index (χ0n) is 14.6. The van der Waals surface area contributed by atoms with Gasteiger partial charge in [-0.25, -0.2) is 5.43 Å². The van der Waals surface area contributed by atoms with Crippen molar-refractivity contribution in [1.29, 1.82) is 0 Å². The topological polar surface area (TPSA) is 50.7 Å². The summed E-state index contributed by atoms with van der Waals surface area (Å²) >= 11 is 5.96. The van der Waals surface area contributed by atoms with E-state index >= 15 is 0 Å². The molecule has 0 atom stereocenters. The lowest BCUT2D eigenvalue weighted by molar-refractivity contribution is -0.120. The highest BCUT2D eigenvalue weighted by atomic mass is 35.5. The van der Waals surface area contributed by atoms with Gasteiger partial charge in [0.15, 0.2) is 0 Å². The van der Waals surface area contributed by atoms with E-state index in [-0.39, 0.29) is 5.91 Å². The first-order valence-corrected chi connectivity index (χ1v) is 8.90. The van der Waals surface area contributed by atoms with Crippen molar-refractivity contribution in [3.63, 3.8) is 0 Å². The molecule has 136 valence electrons. The second-order valence-electron chi connectivity index (χ2n) is 5.94. The van der Waals surface area contributed by atoms with Crippen LogP contribution < -0.4 is 10.2 Å². The average Bonchev–Trinajstić information content (AvgIpc) is 2.68. The lowest BCUT2D eigenvalue weighted by atomic mass is 10.1. The molecule has 27 heavy (non-hydrogen) atoms. The Hall–Kier alpha value is -3.11. The van der Waals surface area contributed by atoms with Crippen molar-refractivity contribution < 1.29 is 9.53 Å². The van der Waals surface area contributed by atoms with E-state index < -0.39 is 0 Å². The SMILES string of the molecule is O=C(Cc1ccccc1)N/N=C/c1ccc(OCc2cccc(Cl)c2)cc1. The molecule has 0 spiro atoms. The third-order valence-electron chi connectivity index (χ3n) is 3.79. The fraction of sp³-hybridized carbons (Fsp3) is 0.0909. The standard InChI is InChI=1S/C22H19ClN2O2/c23-20-8-4-7-19(13-20)16-27-21-11-9-18(10-12-21)15-24-25-22(26)14-17-5-2-1-3-6-17/h1-13,15H,14,16H2,(H,25,26)/b24-15+. The number of hydrazone groups is 1. The van der Waals surface area contributed by atoms with E-state index in [1.807, 2.05) is 78.9 Å². The van der Waals surface area contributed by atoms with Crippen LogP contribution in [-0.2, 0) is 17.8 Å². The fourth-order valence-corrected chi connectivity index (χ4v) is 2.66. The van der Waals surface area contributed by atoms with Crippen LogP contribution in [0.5, 0.6) is 5.75 Å². The minimum Gasteiger partial charge on any atom is -0.489 e. The molecule has 0 heterocycles. The van der Waals surface area contributed by atoms with Gasteiger partial charge in [-0.3, -0.25) is 4.79 Å². The van der Waals surface area contributed by atoms with E-state index in [9.17, 15) is 4.79 Å². The van der Waals surface area contributed by atoms with Gasteiger partial charge >= 0.3 is 0 Å². The number of benzene rings is 3. The van der Waals surface area contributed by atoms with Crippen LogP contribution in [0.3, 0.4) is 0 Å². The summed E-state index contributed by atoms with van der Waals surface area (Å²) in [5.41, 5.74) is 5.36. The number of rotatable bonds is 7. The van der Waals surface area contributed by atoms with Crippen LogP contribution in [0.2, 0.25) is 5.02 Å². The van der Waals surface area contributed by atoms with Gasteiger partial charge in [0.2, 0.25) is 5.91 Å². The summed E-state index contributed by atoms with van der Waals surface area (Å²) in [5.74, 6) is 0.596. The highest BCUT2D eigenvalue weighted by Gasteiger charge is 2.01. The number of amides is 1. The Morgan fingerprint density at radius 1 is 0.963 bits per heavy atom. The Balaban J connectivity index is 1.47. The van der Waals surface area contributed by atoms with Crippen molar-refractivity contribution in [2.75, 3.05) is 0 Å². The van der Waals surface area contributed by atoms with E-state index in [4.69, 9.17) is 16.3 Å². The molecule has 3 aromatic rings. The normalized spacial score (nSPS) is 10.7. The van der Waals surface area contributed by atoms with Gasteiger partial charge < -0.3 is 4.74 Å². The Kier molecular flexibility index (Phi) is 6.61. The van der Waals surface area contributed by atoms with Gasteiger partial charge in [0.05, 0.1) is 12.6 Å². The molecular weight excluding hydrogens is 360 g/mol. The Morgan fingerprint density at radius 3 is 2.44 bits per heavy atom. The number of nitrogens with one attached hydrogen (secondary N) is 1. The third kappa shape index (κ3) is 6.28. The van der Waals surface area contributed by atoms with Crippen molar-refractivity contribution in [3.05, 3.63) is 101 Å². The van der Waals surface area contributed by atoms with Crippen LogP contribution in [0.15, 0.2) is 84.0 Å². The molecule has 1 N–H and O–H groups in total. The average molecular weight is 379 g/mol. The summed E-state index contributed by atoms with van der Waals surface area (Å²) in [5, 5.41) is 4.68. The number of carbonyl (C=O) groups excluding carboxylic acids is 1. The van der Waals surface area contributed by atoms with Gasteiger partial charge in [-0.1, -0.05) is 54.1 Å². The van der Waals surface area contributed by atoms with Crippen LogP contribution in [0.4, 0.5) is 0 Å². The quantitative estimate of drug-likeness (QED) is 0.482. The molecule has 3 rings (SSSR count). The molecule has 0 aromatic heterocycles. The Bertz CT molecular complexity index is 909. The fourth-order valence-electron chi connectivity index (χ4n) is 2.44. The highest BCUT2D eigenvalue weighted by Crippen LogP contribution is 2.15. The van der Waals surface area contributed by atoms with Crippen molar-refractivity contribution in [2.45, 2.75) is 13.0 Å². The third-order valence-corrected chi connectivity index (χ3v) is 4.02. The Morgan fingerprint density at radius 2 is 1.70 bits per heavy atom. The van der Waals surface area contributed by atoms with Crippen LogP contribution in [0.1, 0.15) is 16.7 Å². The van der Waals surface area contributed by atoms with Crippen molar-refractivity contribution in [2.24, 2.45) is 5.10 Å². The molecule has 0 aliphatic heterocycles. The molecule has 0 aliphatic rings. The van der Waals surface area contributed by atoms with Crippen molar-refractivity contribution >= 4 is 23.7 Å². The molecular formula is C22H19ClN2O2. The van der Waals surface area contributed by atoms with Crippen LogP contribution in [-0.4, -0.2) is 12.1 Å². The monoisotopic (exact) mass is 378 g/mol. The minimum absolute atomic E-state index is 0.154. The molecule has 3 aromatic carbocycles. The summed E-state index contributed by atoms with van der Waals surface area (Å²) < 4.78 is 5.74. The zero-order valence-corrected chi connectivity index (χ0v) is 15.4. The predicted molar refractivity (Wildman–Crippen MR) is 108 cm³/mol. The molecule has 5 heteroatoms. The first-order valence-electron chi connectivity index (χ1n) is 8.52. The number of ether oxygens (including phenoxy) is 1. The second kappa shape index (κ2) is 9.55. The van der Waals surface area contributed by atoms with Crippen molar-refractivity contribution in [3.8, 4) is 5.75 Å². The molecule has 0 fully saturated rings. The molecule has 0 radical (unpaired) electrons. The van der Waals surface area contributed by atoms with Crippen LogP contribution in [0.25, 0.3) is 0 Å². The van der Waals surface area contributed by atoms with E-state index in [1.165, 1.54) is 0 Å². The largest absolute Gasteiger partial charge is 0.489 e. The lowest BCUT2D eigenvalue weighted by Crippen LogP contribution is -2.19. The summed E-state index contributed by atoms with van der Waals surface area (Å²) in [4.78, 5) is 11.8. The maximum absolute atomic E-state index is 11.8. The second-order valence-corrected chi connectivity index (χ2v) is 6.38. The van der Waals surface area contributed by atoms with Crippen LogP contribution in [0, 0.1) is 0 Å². The van der Waals surface area contributed by atoms with Gasteiger partial charge in [0, 0.05) is 5.02 Å². The molecule has 0 unspecified atom stereocenters. The summed E-state index contributed by atoms with van der Waals surface area (Å²) in [6.45, 7) is 0.448. The minimum atomic E-state index is -0.154. The summed E-state index contributed by atoms with van der Waals surface area (Å²) in [6.07, 6.45) is 1.90. The number of hydrogen-bond donors (Lipinski definition) is 1.